The molecule has 1 atom stereocenters. The van der Waals surface area contributed by atoms with Gasteiger partial charge in [-0.25, -0.2) is 0 Å². The highest BCUT2D eigenvalue weighted by molar-refractivity contribution is 9.10. The van der Waals surface area contributed by atoms with E-state index in [-0.39, 0.29) is 12.6 Å². The molecule has 3 heteroatoms. The number of benzene rings is 1. The zero-order valence-electron chi connectivity index (χ0n) is 9.49. The fourth-order valence-corrected chi connectivity index (χ4v) is 2.66. The van der Waals surface area contributed by atoms with Crippen molar-refractivity contribution >= 4 is 15.9 Å². The molecule has 0 amide bonds. The lowest BCUT2D eigenvalue weighted by atomic mass is 9.75. The molecule has 1 aromatic carbocycles. The Hall–Kier alpha value is -0.380. The van der Waals surface area contributed by atoms with Gasteiger partial charge in [-0.1, -0.05) is 28.1 Å². The lowest BCUT2D eigenvalue weighted by Gasteiger charge is -2.38. The number of rotatable bonds is 4. The van der Waals surface area contributed by atoms with Gasteiger partial charge >= 0.3 is 0 Å². The van der Waals surface area contributed by atoms with Gasteiger partial charge in [-0.2, -0.15) is 0 Å². The molecular weight excluding hydrogens is 266 g/mol. The van der Waals surface area contributed by atoms with Crippen LogP contribution >= 0.6 is 15.9 Å². The Morgan fingerprint density at radius 2 is 2.25 bits per heavy atom. The van der Waals surface area contributed by atoms with Crippen LogP contribution in [0.3, 0.4) is 0 Å². The maximum absolute atomic E-state index is 8.95. The quantitative estimate of drug-likeness (QED) is 0.891. The van der Waals surface area contributed by atoms with Crippen molar-refractivity contribution in [2.24, 2.45) is 0 Å². The zero-order chi connectivity index (χ0) is 11.5. The van der Waals surface area contributed by atoms with Gasteiger partial charge in [-0.15, -0.1) is 0 Å². The van der Waals surface area contributed by atoms with Gasteiger partial charge in [0, 0.05) is 16.6 Å². The lowest BCUT2D eigenvalue weighted by molar-refractivity contribution is 0.204. The van der Waals surface area contributed by atoms with E-state index in [1.54, 1.807) is 0 Å². The van der Waals surface area contributed by atoms with E-state index in [2.05, 4.69) is 45.5 Å². The van der Waals surface area contributed by atoms with Gasteiger partial charge < -0.3 is 10.4 Å². The molecule has 1 unspecified atom stereocenters. The van der Waals surface area contributed by atoms with E-state index in [1.807, 2.05) is 6.92 Å². The van der Waals surface area contributed by atoms with E-state index >= 15 is 0 Å². The Morgan fingerprint density at radius 3 is 2.88 bits per heavy atom. The summed E-state index contributed by atoms with van der Waals surface area (Å²) in [6, 6.07) is 9.35. The molecule has 0 aromatic heterocycles. The lowest BCUT2D eigenvalue weighted by Crippen LogP contribution is -2.45. The maximum atomic E-state index is 8.95. The zero-order valence-corrected chi connectivity index (χ0v) is 11.1. The first kappa shape index (κ1) is 12.1. The predicted octanol–water partition coefficient (Wildman–Crippen LogP) is 2.67. The minimum Gasteiger partial charge on any atom is -0.395 e. The highest BCUT2D eigenvalue weighted by Crippen LogP contribution is 2.37. The number of hydrogen-bond acceptors (Lipinski definition) is 2. The van der Waals surface area contributed by atoms with Crippen molar-refractivity contribution in [3.05, 3.63) is 34.3 Å². The largest absolute Gasteiger partial charge is 0.395 e. The maximum Gasteiger partial charge on any atom is 0.0582 e. The Balaban J connectivity index is 1.84. The third-order valence-electron chi connectivity index (χ3n) is 3.25. The number of halogens is 1. The molecule has 16 heavy (non-hydrogen) atoms. The van der Waals surface area contributed by atoms with Crippen molar-refractivity contribution in [1.82, 2.24) is 5.32 Å². The SMILES string of the molecule is CC(CO)NC1CC(c2cccc(Br)c2)C1. The molecule has 88 valence electrons. The van der Waals surface area contributed by atoms with E-state index in [0.717, 1.165) is 4.47 Å². The highest BCUT2D eigenvalue weighted by atomic mass is 79.9. The van der Waals surface area contributed by atoms with E-state index in [4.69, 9.17) is 5.11 Å². The molecular formula is C13H18BrNO. The van der Waals surface area contributed by atoms with Crippen LogP contribution in [0.5, 0.6) is 0 Å². The summed E-state index contributed by atoms with van der Waals surface area (Å²) >= 11 is 3.50. The molecule has 0 saturated heterocycles. The molecule has 2 N–H and O–H groups in total. The van der Waals surface area contributed by atoms with Crippen LogP contribution in [0.15, 0.2) is 28.7 Å². The molecule has 0 bridgehead atoms. The van der Waals surface area contributed by atoms with Gasteiger partial charge in [0.25, 0.3) is 0 Å². The molecule has 2 rings (SSSR count). The summed E-state index contributed by atoms with van der Waals surface area (Å²) in [6.07, 6.45) is 2.36. The minimum absolute atomic E-state index is 0.216. The molecule has 2 nitrogen and oxygen atoms in total. The molecule has 0 heterocycles. The standard InChI is InChI=1S/C13H18BrNO/c1-9(8-16)15-13-6-11(7-13)10-3-2-4-12(14)5-10/h2-5,9,11,13,15-16H,6-8H2,1H3. The van der Waals surface area contributed by atoms with Gasteiger partial charge in [0.1, 0.15) is 0 Å². The van der Waals surface area contributed by atoms with Crippen LogP contribution in [0.25, 0.3) is 0 Å². The predicted molar refractivity (Wildman–Crippen MR) is 69.6 cm³/mol. The number of aliphatic hydroxyl groups excluding tert-OH is 1. The molecule has 1 fully saturated rings. The second-order valence-corrected chi connectivity index (χ2v) is 5.59. The number of nitrogens with one attached hydrogen (secondary N) is 1. The van der Waals surface area contributed by atoms with E-state index in [1.165, 1.54) is 18.4 Å². The fourth-order valence-electron chi connectivity index (χ4n) is 2.24. The third kappa shape index (κ3) is 2.84. The third-order valence-corrected chi connectivity index (χ3v) is 3.75. The van der Waals surface area contributed by atoms with Crippen LogP contribution in [-0.4, -0.2) is 23.8 Å². The van der Waals surface area contributed by atoms with Crippen LogP contribution < -0.4 is 5.32 Å². The van der Waals surface area contributed by atoms with E-state index in [9.17, 15) is 0 Å². The van der Waals surface area contributed by atoms with E-state index < -0.39 is 0 Å². The second kappa shape index (κ2) is 5.30. The summed E-state index contributed by atoms with van der Waals surface area (Å²) in [6.45, 7) is 2.24. The summed E-state index contributed by atoms with van der Waals surface area (Å²) in [5.41, 5.74) is 1.42. The molecule has 1 aromatic rings. The van der Waals surface area contributed by atoms with Crippen LogP contribution in [0, 0.1) is 0 Å². The summed E-state index contributed by atoms with van der Waals surface area (Å²) in [5.74, 6) is 0.681. The van der Waals surface area contributed by atoms with Gasteiger partial charge in [0.05, 0.1) is 6.61 Å². The normalized spacial score (nSPS) is 26.2. The first-order valence-electron chi connectivity index (χ1n) is 5.81. The van der Waals surface area contributed by atoms with Crippen molar-refractivity contribution in [2.75, 3.05) is 6.61 Å². The smallest absolute Gasteiger partial charge is 0.0582 e. The fraction of sp³-hybridized carbons (Fsp3) is 0.538. The van der Waals surface area contributed by atoms with Crippen molar-refractivity contribution in [3.63, 3.8) is 0 Å². The molecule has 1 aliphatic carbocycles. The summed E-state index contributed by atoms with van der Waals surface area (Å²) in [4.78, 5) is 0. The van der Waals surface area contributed by atoms with Gasteiger partial charge in [-0.05, 0) is 43.4 Å². The van der Waals surface area contributed by atoms with Crippen molar-refractivity contribution in [2.45, 2.75) is 37.8 Å². The molecule has 1 saturated carbocycles. The van der Waals surface area contributed by atoms with Crippen molar-refractivity contribution in [1.29, 1.82) is 0 Å². The number of aliphatic hydroxyl groups is 1. The Kier molecular flexibility index (Phi) is 4.00. The topological polar surface area (TPSA) is 32.3 Å². The first-order chi connectivity index (χ1) is 7.69. The summed E-state index contributed by atoms with van der Waals surface area (Å²) < 4.78 is 1.16. The van der Waals surface area contributed by atoms with E-state index in [0.29, 0.717) is 12.0 Å². The number of hydrogen-bond donors (Lipinski definition) is 2. The summed E-state index contributed by atoms with van der Waals surface area (Å²) in [7, 11) is 0. The van der Waals surface area contributed by atoms with Crippen LogP contribution in [0.1, 0.15) is 31.2 Å². The Bertz CT molecular complexity index is 350. The Morgan fingerprint density at radius 1 is 1.50 bits per heavy atom. The van der Waals surface area contributed by atoms with Crippen molar-refractivity contribution in [3.8, 4) is 0 Å². The van der Waals surface area contributed by atoms with Crippen LogP contribution in [-0.2, 0) is 0 Å². The average molecular weight is 284 g/mol. The Labute approximate surface area is 105 Å². The molecule has 0 radical (unpaired) electrons. The monoisotopic (exact) mass is 283 g/mol. The van der Waals surface area contributed by atoms with Crippen molar-refractivity contribution < 1.29 is 5.11 Å². The van der Waals surface area contributed by atoms with Gasteiger partial charge in [-0.3, -0.25) is 0 Å². The van der Waals surface area contributed by atoms with Gasteiger partial charge in [0.2, 0.25) is 0 Å². The average Bonchev–Trinajstić information content (AvgIpc) is 2.22. The van der Waals surface area contributed by atoms with Crippen LogP contribution in [0.2, 0.25) is 0 Å². The van der Waals surface area contributed by atoms with Crippen LogP contribution in [0.4, 0.5) is 0 Å². The second-order valence-electron chi connectivity index (χ2n) is 4.67. The molecule has 1 aliphatic rings. The van der Waals surface area contributed by atoms with Gasteiger partial charge in [0.15, 0.2) is 0 Å². The minimum atomic E-state index is 0.216. The first-order valence-corrected chi connectivity index (χ1v) is 6.60. The molecule has 0 aliphatic heterocycles. The molecule has 0 spiro atoms. The summed E-state index contributed by atoms with van der Waals surface area (Å²) in [5, 5.41) is 12.4. The highest BCUT2D eigenvalue weighted by Gasteiger charge is 2.30.